The van der Waals surface area contributed by atoms with Crippen LogP contribution in [0.5, 0.6) is 0 Å². The molecular weight excluding hydrogens is 874 g/mol. The van der Waals surface area contributed by atoms with Crippen LogP contribution < -0.4 is 24.8 Å². The minimum atomic E-state index is -3.35. The number of hydrogen-bond donors (Lipinski definition) is 0. The van der Waals surface area contributed by atoms with Crippen LogP contribution in [0.2, 0.25) is 7.35 Å². The monoisotopic (exact) mass is 934 g/mol. The molecule has 286 valence electrons. The Bertz CT molecular complexity index is 1890. The van der Waals surface area contributed by atoms with Crippen molar-refractivity contribution in [1.29, 1.82) is 0 Å². The molecule has 6 aliphatic rings. The Labute approximate surface area is 349 Å². The van der Waals surface area contributed by atoms with Gasteiger partial charge in [-0.05, 0) is 0 Å². The van der Waals surface area contributed by atoms with Crippen LogP contribution in [0.15, 0.2) is 96.1 Å². The smallest absolute Gasteiger partial charge is 1.00 e. The van der Waals surface area contributed by atoms with E-state index in [-0.39, 0.29) is 24.8 Å². The van der Waals surface area contributed by atoms with Crippen LogP contribution >= 0.6 is 0 Å². The van der Waals surface area contributed by atoms with Gasteiger partial charge in [-0.2, -0.15) is 0 Å². The van der Waals surface area contributed by atoms with E-state index in [1.54, 1.807) is 22.3 Å². The third-order valence-electron chi connectivity index (χ3n) is 15.6. The van der Waals surface area contributed by atoms with Gasteiger partial charge in [-0.15, -0.1) is 0 Å². The van der Waals surface area contributed by atoms with Crippen LogP contribution in [-0.2, 0) is 32.8 Å². The van der Waals surface area contributed by atoms with Gasteiger partial charge in [0.25, 0.3) is 0 Å². The minimum absolute atomic E-state index is 0. The van der Waals surface area contributed by atoms with Gasteiger partial charge >= 0.3 is 327 Å². The summed E-state index contributed by atoms with van der Waals surface area (Å²) in [5.41, 5.74) is 19.4. The zero-order chi connectivity index (χ0) is 35.5. The van der Waals surface area contributed by atoms with Crippen LogP contribution in [0, 0.1) is 11.8 Å². The second kappa shape index (κ2) is 16.6. The van der Waals surface area contributed by atoms with Gasteiger partial charge in [-0.25, -0.2) is 0 Å². The molecule has 0 nitrogen and oxygen atoms in total. The summed E-state index contributed by atoms with van der Waals surface area (Å²) in [6, 6.07) is 34.4. The Morgan fingerprint density at radius 3 is 1.22 bits per heavy atom. The summed E-state index contributed by atoms with van der Waals surface area (Å²) in [6.45, 7) is 4.56. The van der Waals surface area contributed by atoms with Gasteiger partial charge < -0.3 is 24.8 Å². The molecule has 0 aromatic heterocycles. The number of fused-ring (bicyclic) bond motifs is 3. The predicted octanol–water partition coefficient (Wildman–Crippen LogP) is 9.21. The van der Waals surface area contributed by atoms with E-state index in [2.05, 4.69) is 111 Å². The molecule has 4 aromatic carbocycles. The number of halogens is 2. The molecule has 4 atom stereocenters. The van der Waals surface area contributed by atoms with Gasteiger partial charge in [0.05, 0.1) is 0 Å². The Balaban J connectivity index is 0.00000214. The topological polar surface area (TPSA) is 0 Å². The van der Waals surface area contributed by atoms with Crippen molar-refractivity contribution in [3.8, 4) is 22.3 Å². The first-order valence-electron chi connectivity index (χ1n) is 22.1. The fourth-order valence-corrected chi connectivity index (χ4v) is 48.7. The maximum Gasteiger partial charge on any atom is -1.00 e. The molecular formula is C52H60Cl2Hf. The fourth-order valence-electron chi connectivity index (χ4n) is 13.1. The molecule has 3 saturated carbocycles. The third-order valence-corrected chi connectivity index (χ3v) is 40.3. The van der Waals surface area contributed by atoms with E-state index in [1.165, 1.54) is 123 Å². The van der Waals surface area contributed by atoms with Crippen molar-refractivity contribution >= 4 is 12.2 Å². The first-order valence-corrected chi connectivity index (χ1v) is 30.4. The maximum absolute atomic E-state index is 3.35. The zero-order valence-corrected chi connectivity index (χ0v) is 38.4. The standard InChI is InChI=1S/2C23H25.C6H10.2ClH.Hf/c2*1-2-17-11-13-19(14-12-17)22-10-6-9-20-15-21(16-23(20)22)18-7-4-3-5-8-18;1-2-4-6-5-3-1;;;/h2*6,9-16,18H,2-5,7-8H2,1H3;1-2H,3-6H2;2*1H;/q;;;;;+2/p-2. The first-order chi connectivity index (χ1) is 26.2. The Morgan fingerprint density at radius 2 is 0.836 bits per heavy atom. The van der Waals surface area contributed by atoms with Gasteiger partial charge in [-0.1, -0.05) is 0 Å². The second-order valence-electron chi connectivity index (χ2n) is 18.0. The van der Waals surface area contributed by atoms with Gasteiger partial charge in [0.1, 0.15) is 0 Å². The van der Waals surface area contributed by atoms with Crippen molar-refractivity contribution in [2.75, 3.05) is 0 Å². The van der Waals surface area contributed by atoms with Gasteiger partial charge in [0.2, 0.25) is 0 Å². The van der Waals surface area contributed by atoms with E-state index in [1.807, 2.05) is 11.1 Å². The SMILES string of the molecule is CCc1ccc(-c2cccc3c2C=C(C2CCCCC2)[CH]3[Hf+2]2([CH]3C(C4CCCCC4)=Cc4c(-c5ccc(CC)cc5)cccc43)[CH]3CCCC[CH]32)cc1.[Cl-].[Cl-]. The molecule has 4 aromatic rings. The fraction of sp³-hybridized carbons (Fsp3) is 0.462. The molecule has 4 unspecified atom stereocenters. The van der Waals surface area contributed by atoms with Crippen molar-refractivity contribution in [3.63, 3.8) is 0 Å². The largest absolute Gasteiger partial charge is 1.00 e. The molecule has 0 spiro atoms. The van der Waals surface area contributed by atoms with Crippen LogP contribution in [-0.4, -0.2) is 0 Å². The van der Waals surface area contributed by atoms with Crippen molar-refractivity contribution < 1.29 is 44.8 Å². The summed E-state index contributed by atoms with van der Waals surface area (Å²) in [5.74, 6) is 1.56. The van der Waals surface area contributed by atoms with Crippen LogP contribution in [0.25, 0.3) is 34.4 Å². The molecule has 5 aliphatic carbocycles. The predicted molar refractivity (Wildman–Crippen MR) is 223 cm³/mol. The average molecular weight is 934 g/mol. The van der Waals surface area contributed by atoms with E-state index < -0.39 is 20.0 Å². The summed E-state index contributed by atoms with van der Waals surface area (Å²) >= 11 is -3.35. The van der Waals surface area contributed by atoms with Crippen LogP contribution in [0.4, 0.5) is 0 Å². The number of allylic oxidation sites excluding steroid dienone is 2. The summed E-state index contributed by atoms with van der Waals surface area (Å²) in [7, 11) is 0. The molecule has 0 radical (unpaired) electrons. The number of hydrogen-bond acceptors (Lipinski definition) is 0. The second-order valence-corrected chi connectivity index (χ2v) is 34.7. The molecule has 10 rings (SSSR count). The normalized spacial score (nSPS) is 26.0. The average Bonchev–Trinajstić information content (AvgIpc) is 3.49. The Morgan fingerprint density at radius 1 is 0.455 bits per heavy atom. The number of aryl methyl sites for hydroxylation is 2. The quantitative estimate of drug-likeness (QED) is 0.155. The van der Waals surface area contributed by atoms with Crippen molar-refractivity contribution in [1.82, 2.24) is 0 Å². The molecule has 1 heterocycles. The van der Waals surface area contributed by atoms with Gasteiger partial charge in [0.15, 0.2) is 0 Å². The molecule has 0 N–H and O–H groups in total. The maximum atomic E-state index is 2.86. The molecule has 4 fully saturated rings. The van der Waals surface area contributed by atoms with E-state index >= 15 is 0 Å². The van der Waals surface area contributed by atoms with Crippen LogP contribution in [0.1, 0.15) is 144 Å². The van der Waals surface area contributed by atoms with E-state index in [0.29, 0.717) is 0 Å². The molecule has 0 amide bonds. The molecule has 1 saturated heterocycles. The Hall–Kier alpha value is -2.19. The summed E-state index contributed by atoms with van der Waals surface area (Å²) in [6.07, 6.45) is 28.1. The van der Waals surface area contributed by atoms with Crippen molar-refractivity contribution in [2.45, 2.75) is 131 Å². The molecule has 3 heteroatoms. The van der Waals surface area contributed by atoms with Crippen molar-refractivity contribution in [2.24, 2.45) is 11.8 Å². The summed E-state index contributed by atoms with van der Waals surface area (Å²) in [5, 5.41) is 0. The van der Waals surface area contributed by atoms with E-state index in [0.717, 1.165) is 39.4 Å². The number of rotatable bonds is 8. The van der Waals surface area contributed by atoms with E-state index in [4.69, 9.17) is 0 Å². The zero-order valence-electron chi connectivity index (χ0n) is 33.3. The molecule has 0 bridgehead atoms. The van der Waals surface area contributed by atoms with Gasteiger partial charge in [-0.3, -0.25) is 0 Å². The Kier molecular flexibility index (Phi) is 11.9. The third kappa shape index (κ3) is 6.67. The van der Waals surface area contributed by atoms with Gasteiger partial charge in [0, 0.05) is 0 Å². The van der Waals surface area contributed by atoms with Crippen LogP contribution in [0.3, 0.4) is 0 Å². The molecule has 55 heavy (non-hydrogen) atoms. The summed E-state index contributed by atoms with van der Waals surface area (Å²) < 4.78 is 3.59. The first kappa shape index (κ1) is 39.6. The number of benzene rings is 4. The molecule has 1 aliphatic heterocycles. The minimum Gasteiger partial charge on any atom is -1.00 e. The van der Waals surface area contributed by atoms with E-state index in [9.17, 15) is 0 Å². The summed E-state index contributed by atoms with van der Waals surface area (Å²) in [4.78, 5) is 0. The van der Waals surface area contributed by atoms with Crippen molar-refractivity contribution in [3.05, 3.63) is 129 Å².